The Kier molecular flexibility index (Phi) is 4.74. The number of nitrogens with one attached hydrogen (secondary N) is 2. The fourth-order valence-electron chi connectivity index (χ4n) is 2.81. The quantitative estimate of drug-likeness (QED) is 0.883. The number of para-hydroxylation sites is 1. The third-order valence-electron chi connectivity index (χ3n) is 4.29. The first kappa shape index (κ1) is 16.4. The second-order valence-electron chi connectivity index (χ2n) is 6.44. The van der Waals surface area contributed by atoms with Gasteiger partial charge in [-0.2, -0.15) is 0 Å². The van der Waals surface area contributed by atoms with Crippen molar-refractivity contribution in [3.63, 3.8) is 0 Å². The molecular formula is C18H23N3O3. The fraction of sp³-hybridized carbons (Fsp3) is 0.444. The number of fused-ring (bicyclic) bond motifs is 1. The van der Waals surface area contributed by atoms with E-state index >= 15 is 0 Å². The molecule has 0 saturated carbocycles. The van der Waals surface area contributed by atoms with E-state index in [1.54, 1.807) is 0 Å². The number of aromatic nitrogens is 1. The lowest BCUT2D eigenvalue weighted by Gasteiger charge is -2.20. The van der Waals surface area contributed by atoms with Crippen LogP contribution in [-0.2, 0) is 6.54 Å². The maximum Gasteiger partial charge on any atom is 0.315 e. The van der Waals surface area contributed by atoms with Gasteiger partial charge in [0, 0.05) is 23.6 Å². The monoisotopic (exact) mass is 329 g/mol. The van der Waals surface area contributed by atoms with E-state index in [0.717, 1.165) is 17.0 Å². The van der Waals surface area contributed by atoms with Crippen LogP contribution in [0.1, 0.15) is 49.6 Å². The number of urea groups is 1. The standard InChI is InChI=1S/C18H23N3O3/c1-11(2)16-8-13(24-21-16)9-19-18(22)20-12(3)15-10-23-17-7-5-4-6-14(15)17/h4-8,11-12,15H,9-10H2,1-3H3,(H2,19,20,22)/t12-,15+/m1/s1. The Bertz CT molecular complexity index is 711. The van der Waals surface area contributed by atoms with Gasteiger partial charge >= 0.3 is 6.03 Å². The van der Waals surface area contributed by atoms with Gasteiger partial charge in [0.2, 0.25) is 0 Å². The van der Waals surface area contributed by atoms with Crippen molar-refractivity contribution < 1.29 is 14.1 Å². The summed E-state index contributed by atoms with van der Waals surface area (Å²) in [6, 6.07) is 9.56. The molecule has 128 valence electrons. The first-order valence-corrected chi connectivity index (χ1v) is 8.26. The molecule has 0 spiro atoms. The van der Waals surface area contributed by atoms with E-state index < -0.39 is 0 Å². The largest absolute Gasteiger partial charge is 0.493 e. The number of rotatable bonds is 5. The zero-order chi connectivity index (χ0) is 17.1. The van der Waals surface area contributed by atoms with Crippen LogP contribution >= 0.6 is 0 Å². The molecule has 6 heteroatoms. The van der Waals surface area contributed by atoms with Gasteiger partial charge < -0.3 is 19.9 Å². The van der Waals surface area contributed by atoms with Gasteiger partial charge in [-0.15, -0.1) is 0 Å². The van der Waals surface area contributed by atoms with Crippen molar-refractivity contribution in [1.29, 1.82) is 0 Å². The second-order valence-corrected chi connectivity index (χ2v) is 6.44. The Morgan fingerprint density at radius 1 is 1.33 bits per heavy atom. The molecule has 0 saturated heterocycles. The van der Waals surface area contributed by atoms with Crippen molar-refractivity contribution in [2.45, 2.75) is 45.2 Å². The van der Waals surface area contributed by atoms with Crippen molar-refractivity contribution in [1.82, 2.24) is 15.8 Å². The summed E-state index contributed by atoms with van der Waals surface area (Å²) in [7, 11) is 0. The Morgan fingerprint density at radius 3 is 2.88 bits per heavy atom. The van der Waals surface area contributed by atoms with Crippen molar-refractivity contribution >= 4 is 6.03 Å². The molecule has 2 amide bonds. The van der Waals surface area contributed by atoms with Crippen LogP contribution in [-0.4, -0.2) is 23.8 Å². The summed E-state index contributed by atoms with van der Waals surface area (Å²) in [5.41, 5.74) is 2.03. The van der Waals surface area contributed by atoms with Crippen molar-refractivity contribution in [2.24, 2.45) is 0 Å². The average Bonchev–Trinajstić information content (AvgIpc) is 3.20. The lowest BCUT2D eigenvalue weighted by Crippen LogP contribution is -2.43. The highest BCUT2D eigenvalue weighted by atomic mass is 16.5. The number of hydrogen-bond acceptors (Lipinski definition) is 4. The lowest BCUT2D eigenvalue weighted by atomic mass is 9.94. The van der Waals surface area contributed by atoms with E-state index in [1.165, 1.54) is 0 Å². The highest BCUT2D eigenvalue weighted by Gasteiger charge is 2.29. The molecule has 0 radical (unpaired) electrons. The van der Waals surface area contributed by atoms with Gasteiger partial charge in [0.15, 0.2) is 5.76 Å². The number of amides is 2. The summed E-state index contributed by atoms with van der Waals surface area (Å²) < 4.78 is 10.9. The third kappa shape index (κ3) is 3.53. The molecule has 0 fully saturated rings. The number of hydrogen-bond donors (Lipinski definition) is 2. The Balaban J connectivity index is 1.51. The van der Waals surface area contributed by atoms with Gasteiger partial charge in [-0.05, 0) is 18.9 Å². The predicted molar refractivity (Wildman–Crippen MR) is 90.1 cm³/mol. The highest BCUT2D eigenvalue weighted by Crippen LogP contribution is 2.35. The molecule has 2 N–H and O–H groups in total. The Morgan fingerprint density at radius 2 is 2.12 bits per heavy atom. The SMILES string of the molecule is CC(C)c1cc(CNC(=O)N[C@H](C)[C@@H]2COc3ccccc32)on1. The Hall–Kier alpha value is -2.50. The molecule has 2 atom stereocenters. The molecule has 0 unspecified atom stereocenters. The van der Waals surface area contributed by atoms with Crippen molar-refractivity contribution in [2.75, 3.05) is 6.61 Å². The third-order valence-corrected chi connectivity index (χ3v) is 4.29. The molecule has 1 aromatic carbocycles. The van der Waals surface area contributed by atoms with E-state index in [1.807, 2.05) is 51.1 Å². The lowest BCUT2D eigenvalue weighted by molar-refractivity contribution is 0.231. The number of ether oxygens (including phenoxy) is 1. The summed E-state index contributed by atoms with van der Waals surface area (Å²) in [4.78, 5) is 12.1. The summed E-state index contributed by atoms with van der Waals surface area (Å²) >= 11 is 0. The maximum atomic E-state index is 12.1. The normalized spacial score (nSPS) is 17.2. The Labute approximate surface area is 141 Å². The fourth-order valence-corrected chi connectivity index (χ4v) is 2.81. The zero-order valence-electron chi connectivity index (χ0n) is 14.2. The van der Waals surface area contributed by atoms with Crippen molar-refractivity contribution in [3.05, 3.63) is 47.3 Å². The van der Waals surface area contributed by atoms with E-state index in [-0.39, 0.29) is 18.0 Å². The van der Waals surface area contributed by atoms with Crippen LogP contribution < -0.4 is 15.4 Å². The van der Waals surface area contributed by atoms with Crippen LogP contribution in [0.25, 0.3) is 0 Å². The van der Waals surface area contributed by atoms with Gasteiger partial charge in [-0.25, -0.2) is 4.79 Å². The predicted octanol–water partition coefficient (Wildman–Crippen LogP) is 3.16. The van der Waals surface area contributed by atoms with Crippen LogP contribution in [0, 0.1) is 0 Å². The minimum absolute atomic E-state index is 0.0328. The van der Waals surface area contributed by atoms with Gasteiger partial charge in [-0.3, -0.25) is 0 Å². The average molecular weight is 329 g/mol. The van der Waals surface area contributed by atoms with E-state index in [4.69, 9.17) is 9.26 Å². The smallest absolute Gasteiger partial charge is 0.315 e. The second kappa shape index (κ2) is 6.95. The summed E-state index contributed by atoms with van der Waals surface area (Å²) in [6.07, 6.45) is 0. The van der Waals surface area contributed by atoms with Crippen LogP contribution in [0.5, 0.6) is 5.75 Å². The maximum absolute atomic E-state index is 12.1. The molecule has 0 aliphatic carbocycles. The minimum Gasteiger partial charge on any atom is -0.493 e. The molecule has 1 aliphatic rings. The van der Waals surface area contributed by atoms with Crippen LogP contribution in [0.4, 0.5) is 4.79 Å². The molecular weight excluding hydrogens is 306 g/mol. The highest BCUT2D eigenvalue weighted by molar-refractivity contribution is 5.74. The van der Waals surface area contributed by atoms with Gasteiger partial charge in [0.1, 0.15) is 5.75 Å². The number of benzene rings is 1. The molecule has 3 rings (SSSR count). The summed E-state index contributed by atoms with van der Waals surface area (Å²) in [5.74, 6) is 2.01. The first-order valence-electron chi connectivity index (χ1n) is 8.26. The van der Waals surface area contributed by atoms with E-state index in [0.29, 0.717) is 24.8 Å². The van der Waals surface area contributed by atoms with Gasteiger partial charge in [-0.1, -0.05) is 37.2 Å². The molecule has 2 aromatic rings. The van der Waals surface area contributed by atoms with Crippen LogP contribution in [0.15, 0.2) is 34.9 Å². The molecule has 6 nitrogen and oxygen atoms in total. The summed E-state index contributed by atoms with van der Waals surface area (Å²) in [5, 5.41) is 9.75. The van der Waals surface area contributed by atoms with E-state index in [2.05, 4.69) is 15.8 Å². The number of nitrogens with zero attached hydrogens (tertiary/aromatic N) is 1. The first-order chi connectivity index (χ1) is 11.5. The topological polar surface area (TPSA) is 76.4 Å². The van der Waals surface area contributed by atoms with E-state index in [9.17, 15) is 4.79 Å². The molecule has 1 aliphatic heterocycles. The summed E-state index contributed by atoms with van der Waals surface area (Å²) in [6.45, 7) is 6.98. The number of carbonyl (C=O) groups is 1. The van der Waals surface area contributed by atoms with Crippen molar-refractivity contribution in [3.8, 4) is 5.75 Å². The number of carbonyl (C=O) groups excluding carboxylic acids is 1. The zero-order valence-corrected chi connectivity index (χ0v) is 14.2. The molecule has 0 bridgehead atoms. The van der Waals surface area contributed by atoms with Gasteiger partial charge in [0.25, 0.3) is 0 Å². The van der Waals surface area contributed by atoms with Gasteiger partial charge in [0.05, 0.1) is 18.8 Å². The van der Waals surface area contributed by atoms with Crippen LogP contribution in [0.3, 0.4) is 0 Å². The minimum atomic E-state index is -0.227. The molecule has 1 aromatic heterocycles. The molecule has 24 heavy (non-hydrogen) atoms. The van der Waals surface area contributed by atoms with Crippen LogP contribution in [0.2, 0.25) is 0 Å². The molecule has 2 heterocycles.